The van der Waals surface area contributed by atoms with E-state index in [-0.39, 0.29) is 0 Å². The molecule has 0 bridgehead atoms. The number of thiophene rings is 1. The molecule has 2 aromatic rings. The smallest absolute Gasteiger partial charge is 0.212 e. The first-order chi connectivity index (χ1) is 10.5. The zero-order valence-electron chi connectivity index (χ0n) is 13.1. The van der Waals surface area contributed by atoms with E-state index in [2.05, 4.69) is 17.5 Å². The van der Waals surface area contributed by atoms with E-state index in [1.54, 1.807) is 25.4 Å². The first-order valence-corrected chi connectivity index (χ1v) is 9.89. The van der Waals surface area contributed by atoms with Gasteiger partial charge in [-0.15, -0.1) is 11.3 Å². The van der Waals surface area contributed by atoms with Crippen LogP contribution in [0.5, 0.6) is 0 Å². The molecular weight excluding hydrogens is 314 g/mol. The normalized spacial score (nSPS) is 13.4. The van der Waals surface area contributed by atoms with Crippen LogP contribution in [0.3, 0.4) is 0 Å². The number of rotatable bonds is 8. The standard InChI is InChI=1S/C17H23NO2S2/c1-18(2)22(19,20)17(15-9-4-3-5-10-15)13-7-6-11-16-12-8-14-21-16/h3-5,8-10,12,14,17H,6-7,11,13H2,1-2H3/t17-/m0/s1. The summed E-state index contributed by atoms with van der Waals surface area (Å²) in [5.41, 5.74) is 0.882. The monoisotopic (exact) mass is 337 g/mol. The lowest BCUT2D eigenvalue weighted by Crippen LogP contribution is -2.28. The minimum absolute atomic E-state index is 0.452. The number of hydrogen-bond donors (Lipinski definition) is 0. The predicted molar refractivity (Wildman–Crippen MR) is 93.7 cm³/mol. The fourth-order valence-corrected chi connectivity index (χ4v) is 4.72. The molecule has 5 heteroatoms. The lowest BCUT2D eigenvalue weighted by molar-refractivity contribution is 0.496. The molecule has 2 rings (SSSR count). The molecule has 1 aromatic carbocycles. The van der Waals surface area contributed by atoms with Crippen molar-refractivity contribution in [3.63, 3.8) is 0 Å². The van der Waals surface area contributed by atoms with Gasteiger partial charge in [-0.1, -0.05) is 42.8 Å². The summed E-state index contributed by atoms with van der Waals surface area (Å²) in [5.74, 6) is 0. The van der Waals surface area contributed by atoms with Gasteiger partial charge in [0.05, 0.1) is 0 Å². The van der Waals surface area contributed by atoms with Crippen LogP contribution in [0, 0.1) is 0 Å². The number of nitrogens with zero attached hydrogens (tertiary/aromatic N) is 1. The largest absolute Gasteiger partial charge is 0.220 e. The third-order valence-corrected chi connectivity index (χ3v) is 6.94. The molecule has 1 heterocycles. The molecule has 3 nitrogen and oxygen atoms in total. The molecule has 0 spiro atoms. The minimum Gasteiger partial charge on any atom is -0.212 e. The highest BCUT2D eigenvalue weighted by molar-refractivity contribution is 7.89. The SMILES string of the molecule is CN(C)S(=O)(=O)[C@@H](CCCCc1cccs1)c1ccccc1. The quantitative estimate of drug-likeness (QED) is 0.680. The second-order valence-corrected chi connectivity index (χ2v) is 8.91. The average Bonchev–Trinajstić information content (AvgIpc) is 3.01. The van der Waals surface area contributed by atoms with Gasteiger partial charge in [-0.05, 0) is 36.3 Å². The van der Waals surface area contributed by atoms with Crippen molar-refractivity contribution in [3.05, 3.63) is 58.3 Å². The van der Waals surface area contributed by atoms with Gasteiger partial charge >= 0.3 is 0 Å². The molecule has 0 N–H and O–H groups in total. The zero-order valence-corrected chi connectivity index (χ0v) is 14.7. The van der Waals surface area contributed by atoms with E-state index in [1.807, 2.05) is 30.3 Å². The Labute approximate surface area is 137 Å². The van der Waals surface area contributed by atoms with E-state index < -0.39 is 15.3 Å². The highest BCUT2D eigenvalue weighted by atomic mass is 32.2. The number of benzene rings is 1. The molecule has 0 saturated heterocycles. The van der Waals surface area contributed by atoms with E-state index in [9.17, 15) is 8.42 Å². The summed E-state index contributed by atoms with van der Waals surface area (Å²) in [6, 6.07) is 13.7. The molecule has 0 aliphatic heterocycles. The van der Waals surface area contributed by atoms with Crippen molar-refractivity contribution in [2.45, 2.75) is 30.9 Å². The van der Waals surface area contributed by atoms with Gasteiger partial charge in [0.2, 0.25) is 10.0 Å². The van der Waals surface area contributed by atoms with E-state index in [4.69, 9.17) is 0 Å². The molecule has 120 valence electrons. The third-order valence-electron chi connectivity index (χ3n) is 3.76. The molecule has 0 aliphatic rings. The van der Waals surface area contributed by atoms with Gasteiger partial charge in [0.15, 0.2) is 0 Å². The summed E-state index contributed by atoms with van der Waals surface area (Å²) in [6.07, 6.45) is 3.62. The van der Waals surface area contributed by atoms with Gasteiger partial charge < -0.3 is 0 Å². The lowest BCUT2D eigenvalue weighted by Gasteiger charge is -2.22. The van der Waals surface area contributed by atoms with E-state index in [1.165, 1.54) is 9.18 Å². The number of sulfonamides is 1. The highest BCUT2D eigenvalue weighted by Gasteiger charge is 2.28. The first-order valence-electron chi connectivity index (χ1n) is 7.50. The first kappa shape index (κ1) is 17.2. The van der Waals surface area contributed by atoms with E-state index >= 15 is 0 Å². The Bertz CT molecular complexity index is 649. The average molecular weight is 338 g/mol. The molecular formula is C17H23NO2S2. The molecule has 22 heavy (non-hydrogen) atoms. The van der Waals surface area contributed by atoms with Crippen molar-refractivity contribution in [2.75, 3.05) is 14.1 Å². The van der Waals surface area contributed by atoms with Crippen LogP contribution in [0.2, 0.25) is 0 Å². The number of hydrogen-bond acceptors (Lipinski definition) is 3. The lowest BCUT2D eigenvalue weighted by atomic mass is 10.1. The maximum Gasteiger partial charge on any atom is 0.220 e. The van der Waals surface area contributed by atoms with E-state index in [0.29, 0.717) is 6.42 Å². The zero-order chi connectivity index (χ0) is 16.0. The van der Waals surface area contributed by atoms with Crippen LogP contribution in [0.15, 0.2) is 47.8 Å². The van der Waals surface area contributed by atoms with Gasteiger partial charge in [-0.25, -0.2) is 12.7 Å². The summed E-state index contributed by atoms with van der Waals surface area (Å²) < 4.78 is 26.5. The van der Waals surface area contributed by atoms with Gasteiger partial charge in [0, 0.05) is 19.0 Å². The molecule has 1 aromatic heterocycles. The van der Waals surface area contributed by atoms with Crippen molar-refractivity contribution in [3.8, 4) is 0 Å². The Balaban J connectivity index is 2.02. The van der Waals surface area contributed by atoms with Crippen LogP contribution in [0.1, 0.15) is 35.0 Å². The van der Waals surface area contributed by atoms with Crippen LogP contribution >= 0.6 is 11.3 Å². The Morgan fingerprint density at radius 1 is 1.05 bits per heavy atom. The predicted octanol–water partition coefficient (Wildman–Crippen LogP) is 4.09. The molecule has 1 atom stereocenters. The molecule has 0 saturated carbocycles. The van der Waals surface area contributed by atoms with Crippen LogP contribution < -0.4 is 0 Å². The van der Waals surface area contributed by atoms with Gasteiger partial charge in [0.25, 0.3) is 0 Å². The van der Waals surface area contributed by atoms with Crippen molar-refractivity contribution in [1.82, 2.24) is 4.31 Å². The summed E-state index contributed by atoms with van der Waals surface area (Å²) in [7, 11) is -0.0742. The van der Waals surface area contributed by atoms with Gasteiger partial charge in [0.1, 0.15) is 5.25 Å². The Hall–Kier alpha value is -1.17. The molecule has 0 aliphatic carbocycles. The molecule has 0 unspecified atom stereocenters. The minimum atomic E-state index is -3.29. The van der Waals surface area contributed by atoms with E-state index in [0.717, 1.165) is 24.8 Å². The summed E-state index contributed by atoms with van der Waals surface area (Å²) >= 11 is 1.76. The van der Waals surface area contributed by atoms with Crippen LogP contribution in [0.25, 0.3) is 0 Å². The van der Waals surface area contributed by atoms with Gasteiger partial charge in [-0.2, -0.15) is 0 Å². The van der Waals surface area contributed by atoms with Crippen molar-refractivity contribution in [2.24, 2.45) is 0 Å². The van der Waals surface area contributed by atoms with Crippen molar-refractivity contribution in [1.29, 1.82) is 0 Å². The fraction of sp³-hybridized carbons (Fsp3) is 0.412. The molecule has 0 fully saturated rings. The second kappa shape index (κ2) is 7.90. The number of aryl methyl sites for hydroxylation is 1. The van der Waals surface area contributed by atoms with Crippen LogP contribution in [-0.4, -0.2) is 26.8 Å². The topological polar surface area (TPSA) is 37.4 Å². The summed E-state index contributed by atoms with van der Waals surface area (Å²) in [5, 5.41) is 1.63. The Morgan fingerprint density at radius 2 is 1.77 bits per heavy atom. The second-order valence-electron chi connectivity index (χ2n) is 5.55. The molecule has 0 amide bonds. The van der Waals surface area contributed by atoms with Crippen molar-refractivity contribution < 1.29 is 8.42 Å². The summed E-state index contributed by atoms with van der Waals surface area (Å²) in [6.45, 7) is 0. The van der Waals surface area contributed by atoms with Crippen molar-refractivity contribution >= 4 is 21.4 Å². The molecule has 0 radical (unpaired) electrons. The third kappa shape index (κ3) is 4.41. The van der Waals surface area contributed by atoms with Crippen LogP contribution in [0.4, 0.5) is 0 Å². The Morgan fingerprint density at radius 3 is 2.36 bits per heavy atom. The maximum absolute atomic E-state index is 12.6. The summed E-state index contributed by atoms with van der Waals surface area (Å²) in [4.78, 5) is 1.37. The fourth-order valence-electron chi connectivity index (χ4n) is 2.49. The van der Waals surface area contributed by atoms with Crippen LogP contribution in [-0.2, 0) is 16.4 Å². The maximum atomic E-state index is 12.6. The van der Waals surface area contributed by atoms with Gasteiger partial charge in [-0.3, -0.25) is 0 Å². The number of unbranched alkanes of at least 4 members (excludes halogenated alkanes) is 1. The Kier molecular flexibility index (Phi) is 6.17. The highest BCUT2D eigenvalue weighted by Crippen LogP contribution is 2.30.